The zero-order valence-electron chi connectivity index (χ0n) is 4.97. The Morgan fingerprint density at radius 2 is 1.55 bits per heavy atom. The van der Waals surface area contributed by atoms with Crippen LogP contribution in [0.15, 0.2) is 15.0 Å². The highest BCUT2D eigenvalue weighted by Crippen LogP contribution is 2.28. The van der Waals surface area contributed by atoms with E-state index in [-0.39, 0.29) is 8.95 Å². The first-order chi connectivity index (χ1) is 5.04. The number of benzene rings is 1. The molecule has 0 unspecified atom stereocenters. The quantitative estimate of drug-likeness (QED) is 0.505. The lowest BCUT2D eigenvalue weighted by Crippen LogP contribution is -1.91. The Bertz CT molecular complexity index is 272. The van der Waals surface area contributed by atoms with Gasteiger partial charge in [-0.15, -0.1) is 0 Å². The van der Waals surface area contributed by atoms with E-state index < -0.39 is 17.5 Å². The Morgan fingerprint density at radius 1 is 1.00 bits per heavy atom. The fourth-order valence-electron chi connectivity index (χ4n) is 0.544. The summed E-state index contributed by atoms with van der Waals surface area (Å²) in [5, 5.41) is 0. The predicted molar refractivity (Wildman–Crippen MR) is 41.7 cm³/mol. The van der Waals surface area contributed by atoms with E-state index in [2.05, 4.69) is 31.9 Å². The number of hydrogen-bond acceptors (Lipinski definition) is 0. The van der Waals surface area contributed by atoms with Crippen molar-refractivity contribution in [2.75, 3.05) is 0 Å². The van der Waals surface area contributed by atoms with Crippen molar-refractivity contribution in [3.63, 3.8) is 0 Å². The highest BCUT2D eigenvalue weighted by Gasteiger charge is 2.14. The van der Waals surface area contributed by atoms with Gasteiger partial charge in [-0.2, -0.15) is 0 Å². The zero-order chi connectivity index (χ0) is 8.59. The van der Waals surface area contributed by atoms with Crippen LogP contribution in [0.4, 0.5) is 13.2 Å². The van der Waals surface area contributed by atoms with Gasteiger partial charge in [0.05, 0.1) is 4.47 Å². The van der Waals surface area contributed by atoms with Crippen LogP contribution in [0, 0.1) is 17.5 Å². The van der Waals surface area contributed by atoms with Gasteiger partial charge in [0.1, 0.15) is 0 Å². The van der Waals surface area contributed by atoms with Crippen molar-refractivity contribution in [3.8, 4) is 0 Å². The molecule has 0 aliphatic heterocycles. The van der Waals surface area contributed by atoms with E-state index in [4.69, 9.17) is 0 Å². The molecule has 0 saturated carbocycles. The highest BCUT2D eigenvalue weighted by atomic mass is 79.9. The van der Waals surface area contributed by atoms with E-state index in [1.165, 1.54) is 0 Å². The molecule has 0 fully saturated rings. The van der Waals surface area contributed by atoms with Crippen molar-refractivity contribution in [2.24, 2.45) is 0 Å². The molecule has 0 bridgehead atoms. The molecule has 11 heavy (non-hydrogen) atoms. The zero-order valence-corrected chi connectivity index (χ0v) is 8.14. The molecule has 0 radical (unpaired) electrons. The van der Waals surface area contributed by atoms with Crippen molar-refractivity contribution in [1.29, 1.82) is 0 Å². The normalized spacial score (nSPS) is 10.3. The minimum absolute atomic E-state index is 0.114. The largest absolute Gasteiger partial charge is 0.204 e. The van der Waals surface area contributed by atoms with Crippen LogP contribution in [0.25, 0.3) is 0 Å². The summed E-state index contributed by atoms with van der Waals surface area (Å²) < 4.78 is 37.3. The van der Waals surface area contributed by atoms with Crippen molar-refractivity contribution in [1.82, 2.24) is 0 Å². The van der Waals surface area contributed by atoms with Crippen molar-refractivity contribution >= 4 is 31.9 Å². The van der Waals surface area contributed by atoms with Crippen LogP contribution in [0.2, 0.25) is 0 Å². The van der Waals surface area contributed by atoms with Crippen LogP contribution in [-0.2, 0) is 0 Å². The standard InChI is InChI=1S/C6HBr2F3/c7-2-1-3(9)5(10)6(11)4(2)8/h1H. The molecule has 0 nitrogen and oxygen atoms in total. The molecule has 0 saturated heterocycles. The molecule has 0 heterocycles. The summed E-state index contributed by atoms with van der Waals surface area (Å²) in [4.78, 5) is 0. The Balaban J connectivity index is 3.46. The Kier molecular flexibility index (Phi) is 2.59. The van der Waals surface area contributed by atoms with Gasteiger partial charge in [-0.25, -0.2) is 13.2 Å². The molecule has 0 aliphatic carbocycles. The van der Waals surface area contributed by atoms with Crippen LogP contribution in [0.5, 0.6) is 0 Å². The van der Waals surface area contributed by atoms with E-state index in [1.807, 2.05) is 0 Å². The molecule has 0 atom stereocenters. The average molecular weight is 290 g/mol. The molecule has 0 aromatic heterocycles. The van der Waals surface area contributed by atoms with Crippen LogP contribution in [0.1, 0.15) is 0 Å². The summed E-state index contributed by atoms with van der Waals surface area (Å²) in [7, 11) is 0. The topological polar surface area (TPSA) is 0 Å². The first-order valence-electron chi connectivity index (χ1n) is 2.52. The molecule has 0 N–H and O–H groups in total. The fourth-order valence-corrected chi connectivity index (χ4v) is 1.21. The second-order valence-corrected chi connectivity index (χ2v) is 3.43. The predicted octanol–water partition coefficient (Wildman–Crippen LogP) is 3.63. The molecule has 60 valence electrons. The Labute approximate surface area is 77.7 Å². The van der Waals surface area contributed by atoms with Gasteiger partial charge in [0.25, 0.3) is 0 Å². The highest BCUT2D eigenvalue weighted by molar-refractivity contribution is 9.13. The minimum Gasteiger partial charge on any atom is -0.204 e. The van der Waals surface area contributed by atoms with Gasteiger partial charge in [0.2, 0.25) is 0 Å². The van der Waals surface area contributed by atoms with E-state index in [0.29, 0.717) is 0 Å². The lowest BCUT2D eigenvalue weighted by molar-refractivity contribution is 0.443. The maximum atomic E-state index is 12.6. The summed E-state index contributed by atoms with van der Waals surface area (Å²) in [6, 6.07) is 0.850. The van der Waals surface area contributed by atoms with Gasteiger partial charge in [-0.05, 0) is 37.9 Å². The molecular formula is C6HBr2F3. The maximum absolute atomic E-state index is 12.6. The molecule has 5 heteroatoms. The molecule has 1 rings (SSSR count). The number of hydrogen-bond donors (Lipinski definition) is 0. The molecular weight excluding hydrogens is 289 g/mol. The van der Waals surface area contributed by atoms with Crippen molar-refractivity contribution in [3.05, 3.63) is 32.5 Å². The third-order valence-corrected chi connectivity index (χ3v) is 2.99. The second kappa shape index (κ2) is 3.15. The summed E-state index contributed by atoms with van der Waals surface area (Å²) in [6.07, 6.45) is 0. The first kappa shape index (κ1) is 9.06. The van der Waals surface area contributed by atoms with Crippen molar-refractivity contribution in [2.45, 2.75) is 0 Å². The number of rotatable bonds is 0. The smallest absolute Gasteiger partial charge is 0.195 e. The third kappa shape index (κ3) is 1.59. The lowest BCUT2D eigenvalue weighted by atomic mass is 10.3. The summed E-state index contributed by atoms with van der Waals surface area (Å²) in [5.41, 5.74) is 0. The summed E-state index contributed by atoms with van der Waals surface area (Å²) in [5.74, 6) is -3.91. The summed E-state index contributed by atoms with van der Waals surface area (Å²) >= 11 is 5.57. The van der Waals surface area contributed by atoms with Crippen LogP contribution < -0.4 is 0 Å². The Hall–Kier alpha value is -0.0300. The minimum atomic E-state index is -1.47. The van der Waals surface area contributed by atoms with E-state index in [0.717, 1.165) is 6.07 Å². The summed E-state index contributed by atoms with van der Waals surface area (Å²) in [6.45, 7) is 0. The Morgan fingerprint density at radius 3 is 2.09 bits per heavy atom. The monoisotopic (exact) mass is 288 g/mol. The van der Waals surface area contributed by atoms with Gasteiger partial charge in [-0.1, -0.05) is 0 Å². The molecule has 0 aliphatic rings. The van der Waals surface area contributed by atoms with E-state index in [1.54, 1.807) is 0 Å². The van der Waals surface area contributed by atoms with Crippen molar-refractivity contribution < 1.29 is 13.2 Å². The van der Waals surface area contributed by atoms with E-state index >= 15 is 0 Å². The average Bonchev–Trinajstić information content (AvgIpc) is 1.97. The maximum Gasteiger partial charge on any atom is 0.195 e. The molecule has 0 amide bonds. The second-order valence-electron chi connectivity index (χ2n) is 1.78. The van der Waals surface area contributed by atoms with E-state index in [9.17, 15) is 13.2 Å². The molecule has 0 spiro atoms. The van der Waals surface area contributed by atoms with Gasteiger partial charge >= 0.3 is 0 Å². The van der Waals surface area contributed by atoms with Gasteiger partial charge in [0.15, 0.2) is 17.5 Å². The van der Waals surface area contributed by atoms with Crippen LogP contribution in [-0.4, -0.2) is 0 Å². The SMILES string of the molecule is Fc1cc(Br)c(Br)c(F)c1F. The van der Waals surface area contributed by atoms with Crippen LogP contribution in [0.3, 0.4) is 0 Å². The third-order valence-electron chi connectivity index (χ3n) is 1.06. The fraction of sp³-hybridized carbons (Fsp3) is 0. The van der Waals surface area contributed by atoms with Gasteiger partial charge in [-0.3, -0.25) is 0 Å². The first-order valence-corrected chi connectivity index (χ1v) is 4.11. The van der Waals surface area contributed by atoms with Gasteiger partial charge < -0.3 is 0 Å². The number of halogens is 5. The van der Waals surface area contributed by atoms with Crippen LogP contribution >= 0.6 is 31.9 Å². The lowest BCUT2D eigenvalue weighted by Gasteiger charge is -1.99. The molecule has 1 aromatic carbocycles. The van der Waals surface area contributed by atoms with Gasteiger partial charge in [0, 0.05) is 4.47 Å². The molecule has 1 aromatic rings.